The Kier molecular flexibility index (Phi) is 6.87. The Bertz CT molecular complexity index is 1060. The molecule has 160 valence electrons. The summed E-state index contributed by atoms with van der Waals surface area (Å²) in [6.45, 7) is 0.580. The van der Waals surface area contributed by atoms with Crippen molar-refractivity contribution in [1.29, 1.82) is 0 Å². The van der Waals surface area contributed by atoms with Crippen molar-refractivity contribution in [3.05, 3.63) is 132 Å². The first-order valence-corrected chi connectivity index (χ1v) is 11.4. The number of rotatable bonds is 9. The van der Waals surface area contributed by atoms with Gasteiger partial charge in [-0.1, -0.05) is 91.0 Å². The van der Waals surface area contributed by atoms with E-state index in [1.807, 2.05) is 30.0 Å². The van der Waals surface area contributed by atoms with Gasteiger partial charge in [0.05, 0.1) is 4.75 Å². The molecule has 2 N–H and O–H groups in total. The number of aromatic carboxylic acids is 1. The number of carbonyl (C=O) groups is 1. The molecule has 0 unspecified atom stereocenters. The van der Waals surface area contributed by atoms with Crippen LogP contribution in [0.3, 0.4) is 0 Å². The van der Waals surface area contributed by atoms with Crippen LogP contribution in [0, 0.1) is 0 Å². The van der Waals surface area contributed by atoms with Crippen molar-refractivity contribution in [1.82, 2.24) is 4.98 Å². The van der Waals surface area contributed by atoms with Gasteiger partial charge in [-0.2, -0.15) is 0 Å². The van der Waals surface area contributed by atoms with Crippen LogP contribution in [0.25, 0.3) is 0 Å². The van der Waals surface area contributed by atoms with Crippen molar-refractivity contribution in [3.63, 3.8) is 0 Å². The Morgan fingerprint density at radius 2 is 1.28 bits per heavy atom. The third-order valence-electron chi connectivity index (χ3n) is 5.29. The zero-order valence-corrected chi connectivity index (χ0v) is 18.3. The summed E-state index contributed by atoms with van der Waals surface area (Å²) in [5.74, 6) is 0.153. The molecule has 0 atom stereocenters. The van der Waals surface area contributed by atoms with Gasteiger partial charge in [0.15, 0.2) is 0 Å². The molecule has 32 heavy (non-hydrogen) atoms. The summed E-state index contributed by atoms with van der Waals surface area (Å²) >= 11 is 1.82. The highest BCUT2D eigenvalue weighted by atomic mass is 32.2. The molecule has 4 nitrogen and oxygen atoms in total. The van der Waals surface area contributed by atoms with Gasteiger partial charge < -0.3 is 10.4 Å². The topological polar surface area (TPSA) is 62.2 Å². The molecule has 4 aromatic rings. The largest absolute Gasteiger partial charge is 0.478 e. The van der Waals surface area contributed by atoms with Gasteiger partial charge in [0, 0.05) is 18.5 Å². The van der Waals surface area contributed by atoms with Crippen molar-refractivity contribution < 1.29 is 9.90 Å². The molecule has 0 saturated heterocycles. The van der Waals surface area contributed by atoms with Gasteiger partial charge in [-0.05, 0) is 28.8 Å². The molecule has 3 aromatic carbocycles. The number of benzene rings is 3. The number of nitrogens with one attached hydrogen (secondary N) is 1. The van der Waals surface area contributed by atoms with Gasteiger partial charge >= 0.3 is 5.97 Å². The Balaban J connectivity index is 1.67. The van der Waals surface area contributed by atoms with Gasteiger partial charge in [0.2, 0.25) is 0 Å². The maximum atomic E-state index is 11.5. The van der Waals surface area contributed by atoms with E-state index in [0.29, 0.717) is 12.4 Å². The second-order valence-electron chi connectivity index (χ2n) is 7.26. The van der Waals surface area contributed by atoms with Crippen LogP contribution in [-0.4, -0.2) is 28.4 Å². The van der Waals surface area contributed by atoms with Crippen LogP contribution >= 0.6 is 11.8 Å². The molecule has 0 aliphatic heterocycles. The number of pyridine rings is 1. The van der Waals surface area contributed by atoms with E-state index < -0.39 is 10.7 Å². The highest BCUT2D eigenvalue weighted by Crippen LogP contribution is 2.48. The zero-order chi connectivity index (χ0) is 22.2. The van der Waals surface area contributed by atoms with Crippen molar-refractivity contribution in [2.75, 3.05) is 17.6 Å². The van der Waals surface area contributed by atoms with E-state index in [1.54, 1.807) is 18.3 Å². The van der Waals surface area contributed by atoms with Crippen LogP contribution < -0.4 is 5.32 Å². The van der Waals surface area contributed by atoms with E-state index in [0.717, 1.165) is 5.75 Å². The van der Waals surface area contributed by atoms with Gasteiger partial charge in [-0.15, -0.1) is 11.8 Å². The number of hydrogen-bond acceptors (Lipinski definition) is 4. The zero-order valence-electron chi connectivity index (χ0n) is 17.5. The second-order valence-corrected chi connectivity index (χ2v) is 8.57. The summed E-state index contributed by atoms with van der Waals surface area (Å²) in [4.78, 5) is 15.7. The highest BCUT2D eigenvalue weighted by molar-refractivity contribution is 8.00. The van der Waals surface area contributed by atoms with E-state index in [-0.39, 0.29) is 5.56 Å². The van der Waals surface area contributed by atoms with Crippen molar-refractivity contribution >= 4 is 23.5 Å². The lowest BCUT2D eigenvalue weighted by molar-refractivity contribution is 0.0697. The van der Waals surface area contributed by atoms with Crippen molar-refractivity contribution in [2.24, 2.45) is 0 Å². The minimum Gasteiger partial charge on any atom is -0.478 e. The van der Waals surface area contributed by atoms with Crippen molar-refractivity contribution in [2.45, 2.75) is 4.75 Å². The van der Waals surface area contributed by atoms with Crippen LogP contribution in [0.4, 0.5) is 5.82 Å². The molecule has 0 radical (unpaired) electrons. The molecule has 0 spiro atoms. The maximum absolute atomic E-state index is 11.5. The first kappa shape index (κ1) is 21.7. The Labute approximate surface area is 192 Å². The quantitative estimate of drug-likeness (QED) is 0.250. The summed E-state index contributed by atoms with van der Waals surface area (Å²) in [6, 6.07) is 34.7. The first-order valence-electron chi connectivity index (χ1n) is 10.4. The molecule has 0 amide bonds. The first-order chi connectivity index (χ1) is 15.7. The lowest BCUT2D eigenvalue weighted by Crippen LogP contribution is -2.27. The summed E-state index contributed by atoms with van der Waals surface area (Å²) in [7, 11) is 0. The van der Waals surface area contributed by atoms with Crippen LogP contribution in [0.5, 0.6) is 0 Å². The molecule has 0 aliphatic carbocycles. The molecule has 1 aromatic heterocycles. The molecule has 0 aliphatic rings. The lowest BCUT2D eigenvalue weighted by atomic mass is 9.84. The predicted octanol–water partition coefficient (Wildman–Crippen LogP) is 5.92. The third-order valence-corrected chi connectivity index (χ3v) is 6.84. The third kappa shape index (κ3) is 4.53. The Morgan fingerprint density at radius 1 is 0.781 bits per heavy atom. The number of aromatic nitrogens is 1. The SMILES string of the molecule is O=C(O)c1cccnc1NCCSC(c1ccccc1)(c1ccccc1)c1ccccc1. The second kappa shape index (κ2) is 10.2. The Hall–Kier alpha value is -3.57. The average Bonchev–Trinajstić information content (AvgIpc) is 2.86. The normalized spacial score (nSPS) is 11.1. The number of carboxylic acid groups (broad SMARTS) is 1. The Morgan fingerprint density at radius 3 is 1.75 bits per heavy atom. The molecule has 0 saturated carbocycles. The van der Waals surface area contributed by atoms with Crippen molar-refractivity contribution in [3.8, 4) is 0 Å². The smallest absolute Gasteiger partial charge is 0.339 e. The molecule has 5 heteroatoms. The highest BCUT2D eigenvalue weighted by Gasteiger charge is 2.36. The fourth-order valence-corrected chi connectivity index (χ4v) is 5.28. The molecule has 4 rings (SSSR count). The van der Waals surface area contributed by atoms with Crippen LogP contribution in [0.1, 0.15) is 27.0 Å². The minimum atomic E-state index is -0.986. The number of thioether (sulfide) groups is 1. The van der Waals surface area contributed by atoms with E-state index in [9.17, 15) is 9.90 Å². The molecule has 1 heterocycles. The maximum Gasteiger partial charge on any atom is 0.339 e. The van der Waals surface area contributed by atoms with Crippen LogP contribution in [0.2, 0.25) is 0 Å². The van der Waals surface area contributed by atoms with E-state index >= 15 is 0 Å². The van der Waals surface area contributed by atoms with Crippen LogP contribution in [0.15, 0.2) is 109 Å². The van der Waals surface area contributed by atoms with Gasteiger partial charge in [-0.25, -0.2) is 9.78 Å². The molecule has 0 fully saturated rings. The summed E-state index contributed by atoms with van der Waals surface area (Å²) in [6.07, 6.45) is 1.60. The lowest BCUT2D eigenvalue weighted by Gasteiger charge is -2.35. The standard InChI is InChI=1S/C27H24N2O2S/c30-26(31)24-17-10-18-28-25(24)29-19-20-32-27(21-11-4-1-5-12-21,22-13-6-2-7-14-22)23-15-8-3-9-16-23/h1-18H,19-20H2,(H,28,29)(H,30,31). The van der Waals surface area contributed by atoms with Gasteiger partial charge in [-0.3, -0.25) is 0 Å². The van der Waals surface area contributed by atoms with E-state index in [2.05, 4.69) is 83.1 Å². The summed E-state index contributed by atoms with van der Waals surface area (Å²) in [5, 5.41) is 12.6. The summed E-state index contributed by atoms with van der Waals surface area (Å²) in [5.41, 5.74) is 3.78. The molecule has 0 bridgehead atoms. The van der Waals surface area contributed by atoms with E-state index in [1.165, 1.54) is 16.7 Å². The molecular weight excluding hydrogens is 416 g/mol. The monoisotopic (exact) mass is 440 g/mol. The number of carboxylic acids is 1. The fourth-order valence-electron chi connectivity index (χ4n) is 3.86. The number of nitrogens with zero attached hydrogens (tertiary/aromatic N) is 1. The minimum absolute atomic E-state index is 0.179. The fraction of sp³-hybridized carbons (Fsp3) is 0.111. The van der Waals surface area contributed by atoms with Crippen LogP contribution in [-0.2, 0) is 4.75 Å². The summed E-state index contributed by atoms with van der Waals surface area (Å²) < 4.78 is -0.398. The average molecular weight is 441 g/mol. The number of anilines is 1. The van der Waals surface area contributed by atoms with Gasteiger partial charge in [0.25, 0.3) is 0 Å². The van der Waals surface area contributed by atoms with Gasteiger partial charge in [0.1, 0.15) is 11.4 Å². The predicted molar refractivity (Wildman–Crippen MR) is 131 cm³/mol. The molecular formula is C27H24N2O2S. The van der Waals surface area contributed by atoms with E-state index in [4.69, 9.17) is 0 Å². The number of hydrogen-bond donors (Lipinski definition) is 2.